The van der Waals surface area contributed by atoms with Gasteiger partial charge in [-0.1, -0.05) is 48.5 Å². The molecule has 0 aromatic heterocycles. The molecule has 0 bridgehead atoms. The van der Waals surface area contributed by atoms with Crippen LogP contribution in [-0.4, -0.2) is 18.8 Å². The minimum Gasteiger partial charge on any atom is -0.377 e. The Morgan fingerprint density at radius 2 is 1.85 bits per heavy atom. The van der Waals surface area contributed by atoms with Gasteiger partial charge >= 0.3 is 0 Å². The van der Waals surface area contributed by atoms with Gasteiger partial charge in [0.1, 0.15) is 0 Å². The molecule has 1 unspecified atom stereocenters. The van der Waals surface area contributed by atoms with Gasteiger partial charge in [-0.05, 0) is 37.0 Å². The molecule has 1 aliphatic carbocycles. The van der Waals surface area contributed by atoms with E-state index in [0.717, 1.165) is 18.4 Å². The summed E-state index contributed by atoms with van der Waals surface area (Å²) in [6.07, 6.45) is 6.30. The molecule has 0 amide bonds. The number of hydrogen-bond donors (Lipinski definition) is 2. The predicted octanol–water partition coefficient (Wildman–Crippen LogP) is 3.72. The second-order valence-corrected chi connectivity index (χ2v) is 6.27. The summed E-state index contributed by atoms with van der Waals surface area (Å²) < 4.78 is 5.86. The van der Waals surface area contributed by atoms with Crippen LogP contribution in [0.3, 0.4) is 0 Å². The molecule has 0 saturated heterocycles. The van der Waals surface area contributed by atoms with Crippen LogP contribution in [0.4, 0.5) is 0 Å². The first kappa shape index (κ1) is 16.1. The van der Waals surface area contributed by atoms with Gasteiger partial charge in [-0.25, -0.2) is 0 Å². The zero-order valence-corrected chi connectivity index (χ0v) is 13.3. The number of rotatable bonds is 5. The molecule has 0 spiro atoms. The van der Waals surface area contributed by atoms with Crippen LogP contribution >= 0.6 is 23.2 Å². The highest BCUT2D eigenvalue weighted by Gasteiger charge is 2.40. The molecule has 2 rings (SSSR count). The summed E-state index contributed by atoms with van der Waals surface area (Å²) in [5.41, 5.74) is 3.63. The summed E-state index contributed by atoms with van der Waals surface area (Å²) in [5.74, 6) is 5.80. The summed E-state index contributed by atoms with van der Waals surface area (Å²) in [7, 11) is 1.77. The summed E-state index contributed by atoms with van der Waals surface area (Å²) >= 11 is 12.5. The molecule has 1 fully saturated rings. The van der Waals surface area contributed by atoms with Gasteiger partial charge in [-0.2, -0.15) is 0 Å². The maximum absolute atomic E-state index is 6.26. The molecule has 0 aliphatic heterocycles. The maximum Gasteiger partial charge on any atom is 0.0847 e. The Morgan fingerprint density at radius 3 is 2.35 bits per heavy atom. The molecular weight excluding hydrogens is 295 g/mol. The van der Waals surface area contributed by atoms with Crippen LogP contribution in [-0.2, 0) is 11.2 Å². The van der Waals surface area contributed by atoms with Gasteiger partial charge < -0.3 is 4.74 Å². The van der Waals surface area contributed by atoms with Crippen LogP contribution in [0.2, 0.25) is 10.0 Å². The van der Waals surface area contributed by atoms with E-state index in [1.54, 1.807) is 7.11 Å². The van der Waals surface area contributed by atoms with E-state index in [1.165, 1.54) is 19.3 Å². The fourth-order valence-electron chi connectivity index (χ4n) is 3.17. The fourth-order valence-corrected chi connectivity index (χ4v) is 3.73. The van der Waals surface area contributed by atoms with E-state index in [9.17, 15) is 0 Å². The zero-order chi connectivity index (χ0) is 14.6. The summed E-state index contributed by atoms with van der Waals surface area (Å²) in [4.78, 5) is 0. The van der Waals surface area contributed by atoms with Gasteiger partial charge in [0.25, 0.3) is 0 Å². The first-order chi connectivity index (χ1) is 9.63. The highest BCUT2D eigenvalue weighted by Crippen LogP contribution is 2.36. The molecule has 3 nitrogen and oxygen atoms in total. The average Bonchev–Trinajstić information content (AvgIpc) is 2.48. The molecule has 1 aromatic carbocycles. The molecule has 3 N–H and O–H groups in total. The Kier molecular flexibility index (Phi) is 5.70. The van der Waals surface area contributed by atoms with E-state index in [-0.39, 0.29) is 11.6 Å². The lowest BCUT2D eigenvalue weighted by molar-refractivity contribution is -0.0673. The number of nitrogens with two attached hydrogens (primary N) is 1. The maximum atomic E-state index is 6.26. The number of methoxy groups -OCH3 is 1. The van der Waals surface area contributed by atoms with Crippen LogP contribution in [0, 0.1) is 0 Å². The molecule has 0 heterocycles. The summed E-state index contributed by atoms with van der Waals surface area (Å²) in [6, 6.07) is 5.57. The van der Waals surface area contributed by atoms with Crippen LogP contribution in [0.1, 0.15) is 37.7 Å². The van der Waals surface area contributed by atoms with Crippen molar-refractivity contribution in [1.82, 2.24) is 5.43 Å². The van der Waals surface area contributed by atoms with Crippen molar-refractivity contribution in [3.63, 3.8) is 0 Å². The van der Waals surface area contributed by atoms with Crippen LogP contribution in [0.25, 0.3) is 0 Å². The number of hydrogen-bond acceptors (Lipinski definition) is 3. The monoisotopic (exact) mass is 316 g/mol. The van der Waals surface area contributed by atoms with Crippen LogP contribution in [0.15, 0.2) is 18.2 Å². The van der Waals surface area contributed by atoms with Gasteiger partial charge in [0.15, 0.2) is 0 Å². The topological polar surface area (TPSA) is 47.3 Å². The molecule has 1 aliphatic rings. The molecule has 20 heavy (non-hydrogen) atoms. The minimum absolute atomic E-state index is 0.00481. The van der Waals surface area contributed by atoms with Crippen LogP contribution < -0.4 is 11.3 Å². The molecule has 1 aromatic rings. The van der Waals surface area contributed by atoms with Gasteiger partial charge in [0, 0.05) is 17.2 Å². The molecule has 112 valence electrons. The normalized spacial score (nSPS) is 19.8. The van der Waals surface area contributed by atoms with Crippen molar-refractivity contribution in [2.45, 2.75) is 50.2 Å². The van der Waals surface area contributed by atoms with E-state index >= 15 is 0 Å². The molecule has 1 saturated carbocycles. The Hall–Kier alpha value is -0.320. The SMILES string of the molecule is COC1(C(Cc2c(Cl)cccc2Cl)NN)CCCCC1. The predicted molar refractivity (Wildman–Crippen MR) is 84.1 cm³/mol. The fraction of sp³-hybridized carbons (Fsp3) is 0.600. The number of benzene rings is 1. The molecule has 5 heteroatoms. The molecule has 0 radical (unpaired) electrons. The van der Waals surface area contributed by atoms with Crippen molar-refractivity contribution >= 4 is 23.2 Å². The third-order valence-corrected chi connectivity index (χ3v) is 5.12. The van der Waals surface area contributed by atoms with Gasteiger partial charge in [0.2, 0.25) is 0 Å². The highest BCUT2D eigenvalue weighted by atomic mass is 35.5. The smallest absolute Gasteiger partial charge is 0.0847 e. The van der Waals surface area contributed by atoms with E-state index in [2.05, 4.69) is 5.43 Å². The third-order valence-electron chi connectivity index (χ3n) is 4.41. The quantitative estimate of drug-likeness (QED) is 0.643. The number of nitrogens with one attached hydrogen (secondary N) is 1. The molecular formula is C15H22Cl2N2O. The first-order valence-corrected chi connectivity index (χ1v) is 7.83. The Bertz CT molecular complexity index is 427. The van der Waals surface area contributed by atoms with E-state index in [0.29, 0.717) is 16.5 Å². The van der Waals surface area contributed by atoms with Gasteiger partial charge in [-0.15, -0.1) is 0 Å². The third kappa shape index (κ3) is 3.29. The largest absolute Gasteiger partial charge is 0.377 e. The van der Waals surface area contributed by atoms with E-state index in [4.69, 9.17) is 33.8 Å². The van der Waals surface area contributed by atoms with Crippen LogP contribution in [0.5, 0.6) is 0 Å². The lowest BCUT2D eigenvalue weighted by Crippen LogP contribution is -2.56. The van der Waals surface area contributed by atoms with Gasteiger partial charge in [0.05, 0.1) is 11.6 Å². The molecule has 1 atom stereocenters. The van der Waals surface area contributed by atoms with Crippen molar-refractivity contribution in [1.29, 1.82) is 0 Å². The summed E-state index contributed by atoms with van der Waals surface area (Å²) in [6.45, 7) is 0. The lowest BCUT2D eigenvalue weighted by Gasteiger charge is -2.42. The Morgan fingerprint density at radius 1 is 1.25 bits per heavy atom. The Labute approximate surface area is 130 Å². The summed E-state index contributed by atoms with van der Waals surface area (Å²) in [5, 5.41) is 1.36. The van der Waals surface area contributed by atoms with Crippen molar-refractivity contribution < 1.29 is 4.74 Å². The zero-order valence-electron chi connectivity index (χ0n) is 11.8. The van der Waals surface area contributed by atoms with Crippen molar-refractivity contribution in [2.75, 3.05) is 7.11 Å². The number of ether oxygens (including phenoxy) is 1. The first-order valence-electron chi connectivity index (χ1n) is 7.07. The minimum atomic E-state index is -0.227. The average molecular weight is 317 g/mol. The number of halogens is 2. The second kappa shape index (κ2) is 7.10. The highest BCUT2D eigenvalue weighted by molar-refractivity contribution is 6.36. The lowest BCUT2D eigenvalue weighted by atomic mass is 9.77. The second-order valence-electron chi connectivity index (χ2n) is 5.45. The van der Waals surface area contributed by atoms with Gasteiger partial charge in [-0.3, -0.25) is 11.3 Å². The van der Waals surface area contributed by atoms with Crippen molar-refractivity contribution in [3.05, 3.63) is 33.8 Å². The van der Waals surface area contributed by atoms with Crippen molar-refractivity contribution in [2.24, 2.45) is 5.84 Å². The van der Waals surface area contributed by atoms with E-state index in [1.807, 2.05) is 18.2 Å². The van der Waals surface area contributed by atoms with Crippen molar-refractivity contribution in [3.8, 4) is 0 Å². The van der Waals surface area contributed by atoms with E-state index < -0.39 is 0 Å². The Balaban J connectivity index is 2.23. The standard InChI is InChI=1S/C15H22Cl2N2O/c1-20-15(8-3-2-4-9-15)14(19-18)10-11-12(16)6-5-7-13(11)17/h5-7,14,19H,2-4,8-10,18H2,1H3. The number of hydrazine groups is 1.